The molecule has 1 aromatic rings. The van der Waals surface area contributed by atoms with Crippen molar-refractivity contribution in [2.75, 3.05) is 6.61 Å². The summed E-state index contributed by atoms with van der Waals surface area (Å²) >= 11 is 0. The smallest absolute Gasteiger partial charge is 0.340 e. The van der Waals surface area contributed by atoms with Crippen molar-refractivity contribution in [2.45, 2.75) is 18.0 Å². The van der Waals surface area contributed by atoms with Crippen LogP contribution in [-0.4, -0.2) is 47.4 Å². The number of aliphatic hydroxyl groups excluding tert-OH is 1. The van der Waals surface area contributed by atoms with E-state index in [2.05, 4.69) is 14.9 Å². The van der Waals surface area contributed by atoms with Gasteiger partial charge in [0.25, 0.3) is 10.0 Å². The Bertz CT molecular complexity index is 480. The molecule has 0 aliphatic carbocycles. The van der Waals surface area contributed by atoms with E-state index in [9.17, 15) is 13.2 Å². The van der Waals surface area contributed by atoms with Gasteiger partial charge in [0, 0.05) is 6.04 Å². The Kier molecular flexibility index (Phi) is 3.62. The molecule has 90 valence electrons. The van der Waals surface area contributed by atoms with Crippen LogP contribution in [0.25, 0.3) is 0 Å². The first-order valence-electron chi connectivity index (χ1n) is 4.28. The molecule has 0 unspecified atom stereocenters. The predicted molar refractivity (Wildman–Crippen MR) is 52.4 cm³/mol. The summed E-state index contributed by atoms with van der Waals surface area (Å²) in [7, 11) is -4.01. The number of nitrogens with one attached hydrogen (secondary N) is 2. The average molecular weight is 249 g/mol. The van der Waals surface area contributed by atoms with Gasteiger partial charge in [-0.2, -0.15) is 5.10 Å². The van der Waals surface area contributed by atoms with Gasteiger partial charge in [-0.3, -0.25) is 5.10 Å². The summed E-state index contributed by atoms with van der Waals surface area (Å²) in [5, 5.41) is 22.3. The minimum atomic E-state index is -4.01. The number of rotatable bonds is 5. The first-order valence-corrected chi connectivity index (χ1v) is 5.76. The normalized spacial score (nSPS) is 13.6. The van der Waals surface area contributed by atoms with Gasteiger partial charge in [-0.25, -0.2) is 17.9 Å². The quantitative estimate of drug-likeness (QED) is 0.516. The third kappa shape index (κ3) is 2.56. The Morgan fingerprint density at radius 1 is 1.69 bits per heavy atom. The number of aromatic carboxylic acids is 1. The van der Waals surface area contributed by atoms with E-state index in [4.69, 9.17) is 10.2 Å². The number of aromatic nitrogens is 2. The second-order valence-electron chi connectivity index (χ2n) is 3.12. The predicted octanol–water partition coefficient (Wildman–Crippen LogP) is -1.23. The molecule has 0 spiro atoms. The molecular formula is C7H11N3O5S. The van der Waals surface area contributed by atoms with E-state index in [1.54, 1.807) is 0 Å². The van der Waals surface area contributed by atoms with Gasteiger partial charge in [-0.1, -0.05) is 0 Å². The van der Waals surface area contributed by atoms with Crippen LogP contribution in [0.2, 0.25) is 0 Å². The van der Waals surface area contributed by atoms with Crippen LogP contribution in [-0.2, 0) is 10.0 Å². The minimum Gasteiger partial charge on any atom is -0.478 e. The largest absolute Gasteiger partial charge is 0.478 e. The van der Waals surface area contributed by atoms with Gasteiger partial charge < -0.3 is 10.2 Å². The number of hydrogen-bond acceptors (Lipinski definition) is 5. The fourth-order valence-corrected chi connectivity index (χ4v) is 2.32. The number of H-pyrrole nitrogens is 1. The van der Waals surface area contributed by atoms with Crippen molar-refractivity contribution in [2.24, 2.45) is 0 Å². The molecule has 0 saturated heterocycles. The van der Waals surface area contributed by atoms with E-state index in [1.165, 1.54) is 6.92 Å². The summed E-state index contributed by atoms with van der Waals surface area (Å²) in [6.45, 7) is 1.05. The first-order chi connectivity index (χ1) is 7.38. The van der Waals surface area contributed by atoms with Crippen molar-refractivity contribution in [3.63, 3.8) is 0 Å². The van der Waals surface area contributed by atoms with Crippen LogP contribution in [0, 0.1) is 0 Å². The summed E-state index contributed by atoms with van der Waals surface area (Å²) in [5.41, 5.74) is -0.447. The van der Waals surface area contributed by atoms with Gasteiger partial charge in [0.2, 0.25) is 0 Å². The maximum Gasteiger partial charge on any atom is 0.340 e. The lowest BCUT2D eigenvalue weighted by Gasteiger charge is -2.10. The molecule has 0 aliphatic heterocycles. The third-order valence-electron chi connectivity index (χ3n) is 1.73. The van der Waals surface area contributed by atoms with Crippen LogP contribution in [0.5, 0.6) is 0 Å². The third-order valence-corrected chi connectivity index (χ3v) is 3.30. The van der Waals surface area contributed by atoms with Crippen LogP contribution in [0.1, 0.15) is 17.3 Å². The van der Waals surface area contributed by atoms with Gasteiger partial charge >= 0.3 is 5.97 Å². The number of aromatic amines is 1. The molecule has 9 heteroatoms. The Labute approximate surface area is 91.3 Å². The van der Waals surface area contributed by atoms with Crippen LogP contribution in [0.15, 0.2) is 11.2 Å². The molecule has 4 N–H and O–H groups in total. The van der Waals surface area contributed by atoms with Crippen molar-refractivity contribution < 1.29 is 23.4 Å². The van der Waals surface area contributed by atoms with Crippen LogP contribution >= 0.6 is 0 Å². The van der Waals surface area contributed by atoms with Gasteiger partial charge in [0.15, 0.2) is 5.03 Å². The highest BCUT2D eigenvalue weighted by Crippen LogP contribution is 2.11. The van der Waals surface area contributed by atoms with Gasteiger partial charge in [-0.15, -0.1) is 0 Å². The van der Waals surface area contributed by atoms with Crippen LogP contribution in [0.4, 0.5) is 0 Å². The van der Waals surface area contributed by atoms with Crippen molar-refractivity contribution in [1.82, 2.24) is 14.9 Å². The van der Waals surface area contributed by atoms with Crippen LogP contribution in [0.3, 0.4) is 0 Å². The van der Waals surface area contributed by atoms with Gasteiger partial charge in [0.05, 0.1) is 12.8 Å². The summed E-state index contributed by atoms with van der Waals surface area (Å²) in [5.74, 6) is -1.40. The molecule has 8 nitrogen and oxygen atoms in total. The highest BCUT2D eigenvalue weighted by atomic mass is 32.2. The van der Waals surface area contributed by atoms with E-state index >= 15 is 0 Å². The summed E-state index contributed by atoms with van der Waals surface area (Å²) in [6, 6.07) is -0.713. The van der Waals surface area contributed by atoms with Crippen molar-refractivity contribution in [3.05, 3.63) is 11.8 Å². The molecule has 1 atom stereocenters. The number of aliphatic hydroxyl groups is 1. The molecule has 0 saturated carbocycles. The number of sulfonamides is 1. The zero-order chi connectivity index (χ0) is 12.3. The number of carboxylic acid groups (broad SMARTS) is 1. The lowest BCUT2D eigenvalue weighted by atomic mass is 10.4. The van der Waals surface area contributed by atoms with E-state index in [0.717, 1.165) is 6.20 Å². The zero-order valence-corrected chi connectivity index (χ0v) is 9.15. The maximum atomic E-state index is 11.6. The molecule has 0 amide bonds. The first kappa shape index (κ1) is 12.6. The highest BCUT2D eigenvalue weighted by molar-refractivity contribution is 7.89. The Morgan fingerprint density at radius 2 is 2.31 bits per heavy atom. The Balaban J connectivity index is 3.08. The second-order valence-corrected chi connectivity index (χ2v) is 4.77. The average Bonchev–Trinajstić information content (AvgIpc) is 2.65. The SMILES string of the molecule is C[C@@H](CO)NS(=O)(=O)c1[nH]ncc1C(=O)O. The summed E-state index contributed by atoms with van der Waals surface area (Å²) in [6.07, 6.45) is 0.903. The van der Waals surface area contributed by atoms with Crippen molar-refractivity contribution in [3.8, 4) is 0 Å². The second kappa shape index (κ2) is 4.60. The van der Waals surface area contributed by atoms with Gasteiger partial charge in [-0.05, 0) is 6.92 Å². The van der Waals surface area contributed by atoms with Gasteiger partial charge in [0.1, 0.15) is 5.56 Å². The standard InChI is InChI=1S/C7H11N3O5S/c1-4(3-11)10-16(14,15)6-5(7(12)13)2-8-9-6/h2,4,10-11H,3H2,1H3,(H,8,9)(H,12,13)/t4-/m0/s1. The lowest BCUT2D eigenvalue weighted by Crippen LogP contribution is -2.35. The zero-order valence-electron chi connectivity index (χ0n) is 8.34. The molecule has 0 fully saturated rings. The van der Waals surface area contributed by atoms with E-state index in [-0.39, 0.29) is 0 Å². The topological polar surface area (TPSA) is 132 Å². The number of carbonyl (C=O) groups is 1. The maximum absolute atomic E-state index is 11.6. The number of hydrogen-bond donors (Lipinski definition) is 4. The lowest BCUT2D eigenvalue weighted by molar-refractivity contribution is 0.0692. The Hall–Kier alpha value is -1.45. The van der Waals surface area contributed by atoms with Crippen molar-refractivity contribution in [1.29, 1.82) is 0 Å². The molecular weight excluding hydrogens is 238 g/mol. The van der Waals surface area contributed by atoms with E-state index in [1.807, 2.05) is 0 Å². The monoisotopic (exact) mass is 249 g/mol. The fourth-order valence-electron chi connectivity index (χ4n) is 0.993. The summed E-state index contributed by atoms with van der Waals surface area (Å²) < 4.78 is 25.4. The number of nitrogens with zero attached hydrogens (tertiary/aromatic N) is 1. The summed E-state index contributed by atoms with van der Waals surface area (Å²) in [4.78, 5) is 10.7. The molecule has 1 aromatic heterocycles. The fraction of sp³-hybridized carbons (Fsp3) is 0.429. The minimum absolute atomic E-state index is 0.393. The molecule has 0 radical (unpaired) electrons. The molecule has 16 heavy (non-hydrogen) atoms. The van der Waals surface area contributed by atoms with E-state index in [0.29, 0.717) is 0 Å². The number of carboxylic acids is 1. The van der Waals surface area contributed by atoms with Crippen LogP contribution < -0.4 is 4.72 Å². The molecule has 0 bridgehead atoms. The highest BCUT2D eigenvalue weighted by Gasteiger charge is 2.25. The van der Waals surface area contributed by atoms with Crippen molar-refractivity contribution >= 4 is 16.0 Å². The van der Waals surface area contributed by atoms with E-state index < -0.39 is 39.2 Å². The molecule has 0 aromatic carbocycles. The molecule has 1 heterocycles. The molecule has 1 rings (SSSR count). The Morgan fingerprint density at radius 3 is 2.81 bits per heavy atom. The molecule has 0 aliphatic rings.